The van der Waals surface area contributed by atoms with Crippen LogP contribution in [-0.2, 0) is 6.42 Å². The number of nitrogens with zero attached hydrogens (tertiary/aromatic N) is 1. The highest BCUT2D eigenvalue weighted by molar-refractivity contribution is 5.58. The summed E-state index contributed by atoms with van der Waals surface area (Å²) in [6.45, 7) is 2.28. The molecule has 1 aromatic rings. The van der Waals surface area contributed by atoms with Gasteiger partial charge in [-0.2, -0.15) is 5.26 Å². The molecule has 0 aromatic heterocycles. The Morgan fingerprint density at radius 3 is 2.68 bits per heavy atom. The zero-order valence-electron chi connectivity index (χ0n) is 11.7. The van der Waals surface area contributed by atoms with E-state index in [1.54, 1.807) is 0 Å². The second kappa shape index (κ2) is 6.47. The molecular formula is C16H23N3. The fraction of sp³-hybridized carbons (Fsp3) is 0.562. The molecule has 1 aromatic carbocycles. The summed E-state index contributed by atoms with van der Waals surface area (Å²) < 4.78 is 0. The highest BCUT2D eigenvalue weighted by Crippen LogP contribution is 2.29. The van der Waals surface area contributed by atoms with Crippen molar-refractivity contribution in [1.82, 2.24) is 0 Å². The van der Waals surface area contributed by atoms with Crippen LogP contribution < -0.4 is 11.1 Å². The van der Waals surface area contributed by atoms with E-state index in [2.05, 4.69) is 18.3 Å². The molecule has 0 saturated heterocycles. The van der Waals surface area contributed by atoms with E-state index in [0.717, 1.165) is 17.2 Å². The van der Waals surface area contributed by atoms with Gasteiger partial charge in [0.1, 0.15) is 0 Å². The molecule has 0 atom stereocenters. The first kappa shape index (κ1) is 13.7. The largest absolute Gasteiger partial charge is 0.398 e. The molecule has 0 amide bonds. The lowest BCUT2D eigenvalue weighted by Gasteiger charge is -2.29. The second-order valence-electron chi connectivity index (χ2n) is 5.52. The van der Waals surface area contributed by atoms with E-state index in [9.17, 15) is 0 Å². The Bertz CT molecular complexity index is 454. The van der Waals surface area contributed by atoms with Crippen molar-refractivity contribution < 1.29 is 0 Å². The lowest BCUT2D eigenvalue weighted by Crippen LogP contribution is -2.25. The van der Waals surface area contributed by atoms with E-state index >= 15 is 0 Å². The lowest BCUT2D eigenvalue weighted by molar-refractivity contribution is 0.330. The summed E-state index contributed by atoms with van der Waals surface area (Å²) in [5, 5.41) is 12.4. The Kier molecular flexibility index (Phi) is 4.68. The number of nitrogens with two attached hydrogens (primary N) is 1. The van der Waals surface area contributed by atoms with Gasteiger partial charge in [0, 0.05) is 17.4 Å². The Morgan fingerprint density at radius 1 is 1.32 bits per heavy atom. The molecule has 0 heterocycles. The summed E-state index contributed by atoms with van der Waals surface area (Å²) in [6, 6.07) is 8.66. The predicted octanol–water partition coefficient (Wildman–Crippen LogP) is 3.72. The predicted molar refractivity (Wildman–Crippen MR) is 79.8 cm³/mol. The van der Waals surface area contributed by atoms with Crippen molar-refractivity contribution in [3.63, 3.8) is 0 Å². The quantitative estimate of drug-likeness (QED) is 0.808. The number of hydrogen-bond donors (Lipinski definition) is 2. The zero-order valence-corrected chi connectivity index (χ0v) is 11.7. The number of benzene rings is 1. The zero-order chi connectivity index (χ0) is 13.7. The summed E-state index contributed by atoms with van der Waals surface area (Å²) in [5.74, 6) is 0.915. The van der Waals surface area contributed by atoms with Gasteiger partial charge in [0.25, 0.3) is 0 Å². The molecular weight excluding hydrogens is 234 g/mol. The third-order valence-corrected chi connectivity index (χ3v) is 4.21. The van der Waals surface area contributed by atoms with Gasteiger partial charge in [-0.3, -0.25) is 0 Å². The maximum atomic E-state index is 8.79. The Balaban J connectivity index is 1.96. The van der Waals surface area contributed by atoms with Crippen molar-refractivity contribution in [3.05, 3.63) is 23.8 Å². The molecule has 3 N–H and O–H groups in total. The summed E-state index contributed by atoms with van der Waals surface area (Å²) in [5.41, 5.74) is 8.60. The molecule has 19 heavy (non-hydrogen) atoms. The van der Waals surface area contributed by atoms with Crippen LogP contribution in [0.3, 0.4) is 0 Å². The fourth-order valence-electron chi connectivity index (χ4n) is 2.88. The highest BCUT2D eigenvalue weighted by Gasteiger charge is 2.19. The number of anilines is 2. The van der Waals surface area contributed by atoms with Crippen LogP contribution in [-0.4, -0.2) is 6.04 Å². The van der Waals surface area contributed by atoms with Crippen LogP contribution >= 0.6 is 0 Å². The number of nitrogens with one attached hydrogen (secondary N) is 1. The van der Waals surface area contributed by atoms with Crippen LogP contribution in [0.1, 0.15) is 44.6 Å². The fourth-order valence-corrected chi connectivity index (χ4v) is 2.88. The van der Waals surface area contributed by atoms with Gasteiger partial charge in [-0.15, -0.1) is 0 Å². The first-order valence-electron chi connectivity index (χ1n) is 7.24. The molecule has 1 fully saturated rings. The van der Waals surface area contributed by atoms with Crippen molar-refractivity contribution in [2.45, 2.75) is 51.5 Å². The van der Waals surface area contributed by atoms with Gasteiger partial charge in [0.05, 0.1) is 12.5 Å². The third-order valence-electron chi connectivity index (χ3n) is 4.21. The van der Waals surface area contributed by atoms with Crippen LogP contribution in [0.5, 0.6) is 0 Å². The van der Waals surface area contributed by atoms with Crippen LogP contribution in [0.2, 0.25) is 0 Å². The minimum atomic E-state index is 0.379. The molecule has 0 aliphatic heterocycles. The molecule has 2 rings (SSSR count). The lowest BCUT2D eigenvalue weighted by atomic mass is 9.84. The first-order chi connectivity index (χ1) is 9.22. The summed E-state index contributed by atoms with van der Waals surface area (Å²) in [4.78, 5) is 0. The van der Waals surface area contributed by atoms with Crippen molar-refractivity contribution in [3.8, 4) is 6.07 Å². The molecule has 3 heteroatoms. The SMILES string of the molecule is CCC1CCC(Nc2ccc(N)c(CC#N)c2)CC1. The van der Waals surface area contributed by atoms with Gasteiger partial charge >= 0.3 is 0 Å². The van der Waals surface area contributed by atoms with Gasteiger partial charge < -0.3 is 11.1 Å². The molecule has 3 nitrogen and oxygen atoms in total. The highest BCUT2D eigenvalue weighted by atomic mass is 14.9. The van der Waals surface area contributed by atoms with Crippen molar-refractivity contribution in [1.29, 1.82) is 5.26 Å². The normalized spacial score (nSPS) is 22.7. The Hall–Kier alpha value is -1.69. The molecule has 1 saturated carbocycles. The standard InChI is InChI=1S/C16H23N3/c1-2-12-3-5-14(6-4-12)19-15-7-8-16(18)13(11-15)9-10-17/h7-8,11-12,14,19H,2-6,9,18H2,1H3. The van der Waals surface area contributed by atoms with Crippen molar-refractivity contribution in [2.24, 2.45) is 5.92 Å². The second-order valence-corrected chi connectivity index (χ2v) is 5.52. The molecule has 0 bridgehead atoms. The minimum absolute atomic E-state index is 0.379. The summed E-state index contributed by atoms with van der Waals surface area (Å²) >= 11 is 0. The van der Waals surface area contributed by atoms with Crippen LogP contribution in [0.15, 0.2) is 18.2 Å². The van der Waals surface area contributed by atoms with E-state index < -0.39 is 0 Å². The van der Waals surface area contributed by atoms with E-state index in [-0.39, 0.29) is 0 Å². The molecule has 1 aliphatic rings. The number of nitriles is 1. The van der Waals surface area contributed by atoms with Gasteiger partial charge in [0.15, 0.2) is 0 Å². The number of nitrogen functional groups attached to an aromatic ring is 1. The van der Waals surface area contributed by atoms with Crippen molar-refractivity contribution >= 4 is 11.4 Å². The van der Waals surface area contributed by atoms with E-state index in [1.807, 2.05) is 18.2 Å². The van der Waals surface area contributed by atoms with Crippen LogP contribution in [0.25, 0.3) is 0 Å². The van der Waals surface area contributed by atoms with Gasteiger partial charge in [0.2, 0.25) is 0 Å². The Labute approximate surface area is 115 Å². The van der Waals surface area contributed by atoms with Crippen LogP contribution in [0, 0.1) is 17.2 Å². The van der Waals surface area contributed by atoms with Crippen LogP contribution in [0.4, 0.5) is 11.4 Å². The van der Waals surface area contributed by atoms with Gasteiger partial charge in [-0.05, 0) is 55.4 Å². The number of hydrogen-bond acceptors (Lipinski definition) is 3. The first-order valence-corrected chi connectivity index (χ1v) is 7.24. The molecule has 0 unspecified atom stereocenters. The average molecular weight is 257 g/mol. The summed E-state index contributed by atoms with van der Waals surface area (Å²) in [7, 11) is 0. The van der Waals surface area contributed by atoms with Gasteiger partial charge in [-0.25, -0.2) is 0 Å². The van der Waals surface area contributed by atoms with Gasteiger partial charge in [-0.1, -0.05) is 13.3 Å². The molecule has 0 radical (unpaired) electrons. The average Bonchev–Trinajstić information content (AvgIpc) is 2.44. The minimum Gasteiger partial charge on any atom is -0.398 e. The summed E-state index contributed by atoms with van der Waals surface area (Å²) in [6.07, 6.45) is 6.83. The molecule has 1 aliphatic carbocycles. The van der Waals surface area contributed by atoms with Crippen molar-refractivity contribution in [2.75, 3.05) is 11.1 Å². The Morgan fingerprint density at radius 2 is 2.05 bits per heavy atom. The smallest absolute Gasteiger partial charge is 0.0670 e. The van der Waals surface area contributed by atoms with E-state index in [1.165, 1.54) is 32.1 Å². The number of rotatable bonds is 4. The monoisotopic (exact) mass is 257 g/mol. The third kappa shape index (κ3) is 3.64. The maximum absolute atomic E-state index is 8.79. The molecule has 102 valence electrons. The molecule has 0 spiro atoms. The topological polar surface area (TPSA) is 61.8 Å². The van der Waals surface area contributed by atoms with E-state index in [4.69, 9.17) is 11.0 Å². The maximum Gasteiger partial charge on any atom is 0.0670 e. The van der Waals surface area contributed by atoms with E-state index in [0.29, 0.717) is 18.2 Å².